The van der Waals surface area contributed by atoms with Gasteiger partial charge in [0.05, 0.1) is 13.2 Å². The van der Waals surface area contributed by atoms with Gasteiger partial charge in [0.2, 0.25) is 0 Å². The summed E-state index contributed by atoms with van der Waals surface area (Å²) < 4.78 is 19.4. The van der Waals surface area contributed by atoms with Gasteiger partial charge in [0.15, 0.2) is 0 Å². The molecule has 0 radical (unpaired) electrons. The highest BCUT2D eigenvalue weighted by molar-refractivity contribution is 5.24. The van der Waals surface area contributed by atoms with E-state index in [0.717, 1.165) is 31.7 Å². The Morgan fingerprint density at radius 2 is 2.05 bits per heavy atom. The fourth-order valence-corrected chi connectivity index (χ4v) is 2.31. The first kappa shape index (κ1) is 16.4. The zero-order valence-electron chi connectivity index (χ0n) is 13.2. The lowest BCUT2D eigenvalue weighted by Gasteiger charge is -2.17. The molecule has 21 heavy (non-hydrogen) atoms. The van der Waals surface area contributed by atoms with Crippen LogP contribution in [0.3, 0.4) is 0 Å². The van der Waals surface area contributed by atoms with Gasteiger partial charge in [0.1, 0.15) is 5.82 Å². The Hall–Kier alpha value is -0.970. The summed E-state index contributed by atoms with van der Waals surface area (Å²) in [7, 11) is 0. The fraction of sp³-hybridized carbons (Fsp3) is 0.647. The number of ether oxygens (including phenoxy) is 1. The molecule has 1 aliphatic rings. The van der Waals surface area contributed by atoms with Crippen LogP contribution >= 0.6 is 0 Å². The van der Waals surface area contributed by atoms with Crippen LogP contribution in [0, 0.1) is 5.82 Å². The first-order valence-electron chi connectivity index (χ1n) is 8.03. The van der Waals surface area contributed by atoms with E-state index in [9.17, 15) is 4.39 Å². The van der Waals surface area contributed by atoms with Crippen molar-refractivity contribution in [2.45, 2.75) is 45.9 Å². The maximum atomic E-state index is 13.8. The maximum absolute atomic E-state index is 13.8. The van der Waals surface area contributed by atoms with E-state index >= 15 is 0 Å². The first-order valence-corrected chi connectivity index (χ1v) is 8.03. The lowest BCUT2D eigenvalue weighted by molar-refractivity contribution is 0.0938. The lowest BCUT2D eigenvalue weighted by Crippen LogP contribution is -2.27. The smallest absolute Gasteiger partial charge is 0.128 e. The monoisotopic (exact) mass is 294 g/mol. The molecule has 0 saturated heterocycles. The molecule has 0 aliphatic heterocycles. The number of nitrogens with zero attached hydrogens (tertiary/aromatic N) is 1. The molecule has 1 saturated carbocycles. The third kappa shape index (κ3) is 5.73. The average Bonchev–Trinajstić information content (AvgIpc) is 3.32. The zero-order valence-corrected chi connectivity index (χ0v) is 13.2. The van der Waals surface area contributed by atoms with Crippen LogP contribution in [-0.4, -0.2) is 37.2 Å². The minimum atomic E-state index is -0.173. The number of rotatable bonds is 10. The molecule has 2 rings (SSSR count). The van der Waals surface area contributed by atoms with Gasteiger partial charge in [-0.15, -0.1) is 0 Å². The predicted octanol–water partition coefficient (Wildman–Crippen LogP) is 2.94. The quantitative estimate of drug-likeness (QED) is 0.672. The standard InChI is InChI=1S/C17H27FN2O/c1-3-20(4-2)9-10-21-13-15-11-14(5-8-17(15)18)12-19-16-6-7-16/h5,8,11,16,19H,3-4,6-7,9-10,12-13H2,1-2H3. The van der Waals surface area contributed by atoms with Gasteiger partial charge in [-0.25, -0.2) is 4.39 Å². The molecule has 1 aromatic carbocycles. The molecule has 0 heterocycles. The van der Waals surface area contributed by atoms with Crippen molar-refractivity contribution in [2.75, 3.05) is 26.2 Å². The molecular formula is C17H27FN2O. The van der Waals surface area contributed by atoms with Crippen LogP contribution in [0.1, 0.15) is 37.8 Å². The van der Waals surface area contributed by atoms with Crippen LogP contribution in [0.15, 0.2) is 18.2 Å². The summed E-state index contributed by atoms with van der Waals surface area (Å²) in [5.74, 6) is -0.173. The minimum absolute atomic E-state index is 0.173. The normalized spacial score (nSPS) is 14.9. The number of hydrogen-bond acceptors (Lipinski definition) is 3. The van der Waals surface area contributed by atoms with Crippen molar-refractivity contribution in [3.63, 3.8) is 0 Å². The molecule has 1 aromatic rings. The van der Waals surface area contributed by atoms with E-state index in [2.05, 4.69) is 24.1 Å². The Labute approximate surface area is 127 Å². The highest BCUT2D eigenvalue weighted by atomic mass is 19.1. The van der Waals surface area contributed by atoms with Crippen molar-refractivity contribution in [3.05, 3.63) is 35.1 Å². The van der Waals surface area contributed by atoms with E-state index in [1.54, 1.807) is 6.07 Å². The molecule has 0 unspecified atom stereocenters. The topological polar surface area (TPSA) is 24.5 Å². The van der Waals surface area contributed by atoms with E-state index in [4.69, 9.17) is 4.74 Å². The summed E-state index contributed by atoms with van der Waals surface area (Å²) in [5.41, 5.74) is 1.79. The molecule has 1 aliphatic carbocycles. The Kier molecular flexibility index (Phi) is 6.61. The third-order valence-corrected chi connectivity index (χ3v) is 3.99. The summed E-state index contributed by atoms with van der Waals surface area (Å²) in [4.78, 5) is 2.30. The summed E-state index contributed by atoms with van der Waals surface area (Å²) in [6.07, 6.45) is 2.53. The second kappa shape index (κ2) is 8.47. The van der Waals surface area contributed by atoms with Crippen molar-refractivity contribution in [1.82, 2.24) is 10.2 Å². The van der Waals surface area contributed by atoms with Gasteiger partial charge in [-0.2, -0.15) is 0 Å². The Balaban J connectivity index is 1.76. The average molecular weight is 294 g/mol. The molecule has 0 amide bonds. The molecule has 0 spiro atoms. The van der Waals surface area contributed by atoms with Gasteiger partial charge in [-0.3, -0.25) is 0 Å². The van der Waals surface area contributed by atoms with Crippen LogP contribution in [0.25, 0.3) is 0 Å². The van der Waals surface area contributed by atoms with Crippen molar-refractivity contribution in [2.24, 2.45) is 0 Å². The molecule has 3 nitrogen and oxygen atoms in total. The molecule has 1 fully saturated rings. The maximum Gasteiger partial charge on any atom is 0.128 e. The number of halogens is 1. The van der Waals surface area contributed by atoms with Crippen molar-refractivity contribution >= 4 is 0 Å². The molecule has 4 heteroatoms. The zero-order chi connectivity index (χ0) is 15.1. The number of benzene rings is 1. The van der Waals surface area contributed by atoms with E-state index < -0.39 is 0 Å². The molecule has 0 bridgehead atoms. The first-order chi connectivity index (χ1) is 10.2. The van der Waals surface area contributed by atoms with Gasteiger partial charge in [-0.1, -0.05) is 19.9 Å². The van der Waals surface area contributed by atoms with Crippen LogP contribution in [0.2, 0.25) is 0 Å². The van der Waals surface area contributed by atoms with Gasteiger partial charge in [0.25, 0.3) is 0 Å². The summed E-state index contributed by atoms with van der Waals surface area (Å²) in [5, 5.41) is 3.45. The third-order valence-electron chi connectivity index (χ3n) is 3.99. The Morgan fingerprint density at radius 3 is 2.71 bits per heavy atom. The lowest BCUT2D eigenvalue weighted by atomic mass is 10.1. The predicted molar refractivity (Wildman–Crippen MR) is 83.7 cm³/mol. The molecule has 0 aromatic heterocycles. The molecule has 1 N–H and O–H groups in total. The van der Waals surface area contributed by atoms with Crippen molar-refractivity contribution in [1.29, 1.82) is 0 Å². The van der Waals surface area contributed by atoms with Crippen LogP contribution < -0.4 is 5.32 Å². The summed E-state index contributed by atoms with van der Waals surface area (Å²) in [6.45, 7) is 9.04. The van der Waals surface area contributed by atoms with Crippen LogP contribution in [-0.2, 0) is 17.9 Å². The van der Waals surface area contributed by atoms with Gasteiger partial charge < -0.3 is 15.0 Å². The number of hydrogen-bond donors (Lipinski definition) is 1. The van der Waals surface area contributed by atoms with Crippen LogP contribution in [0.5, 0.6) is 0 Å². The second-order valence-electron chi connectivity index (χ2n) is 5.66. The van der Waals surface area contributed by atoms with Gasteiger partial charge in [-0.05, 0) is 43.6 Å². The van der Waals surface area contributed by atoms with Gasteiger partial charge in [0, 0.05) is 24.7 Å². The largest absolute Gasteiger partial charge is 0.375 e. The fourth-order valence-electron chi connectivity index (χ4n) is 2.31. The van der Waals surface area contributed by atoms with E-state index in [1.165, 1.54) is 12.8 Å². The molecule has 118 valence electrons. The van der Waals surface area contributed by atoms with E-state index in [-0.39, 0.29) is 5.82 Å². The SMILES string of the molecule is CCN(CC)CCOCc1cc(CNC2CC2)ccc1F. The van der Waals surface area contributed by atoms with Gasteiger partial charge >= 0.3 is 0 Å². The molecular weight excluding hydrogens is 267 g/mol. The minimum Gasteiger partial charge on any atom is -0.375 e. The molecule has 0 atom stereocenters. The Bertz CT molecular complexity index is 431. The summed E-state index contributed by atoms with van der Waals surface area (Å²) >= 11 is 0. The highest BCUT2D eigenvalue weighted by Gasteiger charge is 2.20. The highest BCUT2D eigenvalue weighted by Crippen LogP contribution is 2.20. The second-order valence-corrected chi connectivity index (χ2v) is 5.66. The van der Waals surface area contributed by atoms with Crippen molar-refractivity contribution < 1.29 is 9.13 Å². The number of likely N-dealkylation sites (N-methyl/N-ethyl adjacent to an activating group) is 1. The summed E-state index contributed by atoms with van der Waals surface area (Å²) in [6, 6.07) is 5.99. The Morgan fingerprint density at radius 1 is 1.29 bits per heavy atom. The number of nitrogens with one attached hydrogen (secondary N) is 1. The van der Waals surface area contributed by atoms with Crippen LogP contribution in [0.4, 0.5) is 4.39 Å². The van der Waals surface area contributed by atoms with Crippen molar-refractivity contribution in [3.8, 4) is 0 Å². The van der Waals surface area contributed by atoms with E-state index in [1.807, 2.05) is 12.1 Å². The van der Waals surface area contributed by atoms with E-state index in [0.29, 0.717) is 24.8 Å².